The van der Waals surface area contributed by atoms with Crippen LogP contribution >= 0.6 is 0 Å². The molecule has 1 N–H and O–H groups in total. The van der Waals surface area contributed by atoms with Gasteiger partial charge < -0.3 is 10.1 Å². The molecule has 0 aliphatic heterocycles. The number of pyridine rings is 1. The van der Waals surface area contributed by atoms with E-state index < -0.39 is 0 Å². The molecule has 1 aliphatic rings. The number of hydrogen-bond acceptors (Lipinski definition) is 3. The van der Waals surface area contributed by atoms with Crippen LogP contribution in [0.5, 0.6) is 5.88 Å². The Morgan fingerprint density at radius 2 is 2.24 bits per heavy atom. The minimum atomic E-state index is 0.179. The Morgan fingerprint density at radius 3 is 2.82 bits per heavy atom. The molecule has 0 atom stereocenters. The predicted octanol–water partition coefficient (Wildman–Crippen LogP) is 1.90. The molecule has 4 heteroatoms. The third kappa shape index (κ3) is 3.19. The minimum absolute atomic E-state index is 0.179. The molecular formula is C13H18N2O2. The van der Waals surface area contributed by atoms with Gasteiger partial charge in [-0.25, -0.2) is 4.98 Å². The number of rotatable bonds is 4. The number of nitrogens with one attached hydrogen (secondary N) is 1. The quantitative estimate of drug-likeness (QED) is 0.865. The Labute approximate surface area is 101 Å². The number of ether oxygens (including phenoxy) is 1. The van der Waals surface area contributed by atoms with Crippen LogP contribution in [0.3, 0.4) is 0 Å². The maximum atomic E-state index is 11.8. The average molecular weight is 234 g/mol. The standard InChI is InChI=1S/C13H18N2O2/c1-17-12-7-6-10(8-14-12)9-15-13(16)11-4-2-3-5-11/h6-8,11H,2-5,9H2,1H3,(H,15,16). The average Bonchev–Trinajstić information content (AvgIpc) is 2.90. The smallest absolute Gasteiger partial charge is 0.223 e. The summed E-state index contributed by atoms with van der Waals surface area (Å²) in [6.45, 7) is 0.548. The summed E-state index contributed by atoms with van der Waals surface area (Å²) >= 11 is 0. The lowest BCUT2D eigenvalue weighted by Crippen LogP contribution is -2.28. The van der Waals surface area contributed by atoms with Gasteiger partial charge in [0, 0.05) is 24.7 Å². The van der Waals surface area contributed by atoms with E-state index in [-0.39, 0.29) is 11.8 Å². The van der Waals surface area contributed by atoms with Crippen molar-refractivity contribution in [1.29, 1.82) is 0 Å². The Kier molecular flexibility index (Phi) is 3.96. The van der Waals surface area contributed by atoms with Crippen LogP contribution in [-0.4, -0.2) is 18.0 Å². The molecule has 2 rings (SSSR count). The van der Waals surface area contributed by atoms with Gasteiger partial charge in [-0.2, -0.15) is 0 Å². The Hall–Kier alpha value is -1.58. The van der Waals surface area contributed by atoms with E-state index in [0.29, 0.717) is 12.4 Å². The highest BCUT2D eigenvalue weighted by molar-refractivity contribution is 5.78. The van der Waals surface area contributed by atoms with Gasteiger partial charge in [-0.1, -0.05) is 18.9 Å². The van der Waals surface area contributed by atoms with Crippen LogP contribution in [-0.2, 0) is 11.3 Å². The number of hydrogen-bond donors (Lipinski definition) is 1. The number of carbonyl (C=O) groups excluding carboxylic acids is 1. The molecule has 4 nitrogen and oxygen atoms in total. The fraction of sp³-hybridized carbons (Fsp3) is 0.538. The van der Waals surface area contributed by atoms with Gasteiger partial charge in [-0.05, 0) is 18.4 Å². The van der Waals surface area contributed by atoms with Crippen LogP contribution in [0.15, 0.2) is 18.3 Å². The zero-order valence-electron chi connectivity index (χ0n) is 10.1. The van der Waals surface area contributed by atoms with Crippen molar-refractivity contribution in [3.8, 4) is 5.88 Å². The molecule has 0 radical (unpaired) electrons. The lowest BCUT2D eigenvalue weighted by atomic mass is 10.1. The zero-order valence-corrected chi connectivity index (χ0v) is 10.1. The third-order valence-electron chi connectivity index (χ3n) is 3.20. The molecule has 1 aromatic rings. The summed E-state index contributed by atoms with van der Waals surface area (Å²) < 4.78 is 4.98. The minimum Gasteiger partial charge on any atom is -0.481 e. The highest BCUT2D eigenvalue weighted by Crippen LogP contribution is 2.24. The molecule has 1 saturated carbocycles. The molecular weight excluding hydrogens is 216 g/mol. The monoisotopic (exact) mass is 234 g/mol. The Bertz CT molecular complexity index is 370. The van der Waals surface area contributed by atoms with Crippen molar-refractivity contribution >= 4 is 5.91 Å². The summed E-state index contributed by atoms with van der Waals surface area (Å²) in [6.07, 6.45) is 6.16. The maximum absolute atomic E-state index is 11.8. The van der Waals surface area contributed by atoms with Crippen LogP contribution in [0.1, 0.15) is 31.2 Å². The summed E-state index contributed by atoms with van der Waals surface area (Å²) in [5, 5.41) is 2.96. The van der Waals surface area contributed by atoms with Gasteiger partial charge in [-0.3, -0.25) is 4.79 Å². The van der Waals surface area contributed by atoms with Crippen LogP contribution in [0, 0.1) is 5.92 Å². The molecule has 1 aliphatic carbocycles. The van der Waals surface area contributed by atoms with E-state index in [1.807, 2.05) is 6.07 Å². The van der Waals surface area contributed by atoms with E-state index in [4.69, 9.17) is 4.74 Å². The summed E-state index contributed by atoms with van der Waals surface area (Å²) in [7, 11) is 1.59. The first-order chi connectivity index (χ1) is 8.29. The summed E-state index contributed by atoms with van der Waals surface area (Å²) in [5.41, 5.74) is 0.997. The molecule has 1 amide bonds. The van der Waals surface area contributed by atoms with E-state index in [9.17, 15) is 4.79 Å². The van der Waals surface area contributed by atoms with Crippen LogP contribution in [0.25, 0.3) is 0 Å². The number of methoxy groups -OCH3 is 1. The van der Waals surface area contributed by atoms with E-state index in [0.717, 1.165) is 18.4 Å². The molecule has 0 spiro atoms. The lowest BCUT2D eigenvalue weighted by Gasteiger charge is -2.10. The maximum Gasteiger partial charge on any atom is 0.223 e. The van der Waals surface area contributed by atoms with E-state index in [1.165, 1.54) is 12.8 Å². The topological polar surface area (TPSA) is 51.2 Å². The largest absolute Gasteiger partial charge is 0.481 e. The van der Waals surface area contributed by atoms with E-state index >= 15 is 0 Å². The van der Waals surface area contributed by atoms with Crippen LogP contribution in [0.2, 0.25) is 0 Å². The normalized spacial score (nSPS) is 15.8. The van der Waals surface area contributed by atoms with Crippen molar-refractivity contribution in [2.45, 2.75) is 32.2 Å². The summed E-state index contributed by atoms with van der Waals surface area (Å²) in [6, 6.07) is 3.72. The number of nitrogens with zero attached hydrogens (tertiary/aromatic N) is 1. The predicted molar refractivity (Wildman–Crippen MR) is 64.6 cm³/mol. The zero-order chi connectivity index (χ0) is 12.1. The SMILES string of the molecule is COc1ccc(CNC(=O)C2CCCC2)cn1. The second-order valence-electron chi connectivity index (χ2n) is 4.41. The molecule has 0 unspecified atom stereocenters. The first kappa shape index (κ1) is 11.9. The van der Waals surface area contributed by atoms with Gasteiger partial charge in [0.05, 0.1) is 7.11 Å². The van der Waals surface area contributed by atoms with Crippen molar-refractivity contribution in [3.05, 3.63) is 23.9 Å². The third-order valence-corrected chi connectivity index (χ3v) is 3.20. The molecule has 1 heterocycles. The van der Waals surface area contributed by atoms with Crippen molar-refractivity contribution in [1.82, 2.24) is 10.3 Å². The van der Waals surface area contributed by atoms with Gasteiger partial charge in [0.25, 0.3) is 0 Å². The molecule has 0 aromatic carbocycles. The van der Waals surface area contributed by atoms with Crippen molar-refractivity contribution < 1.29 is 9.53 Å². The lowest BCUT2D eigenvalue weighted by molar-refractivity contribution is -0.124. The highest BCUT2D eigenvalue weighted by atomic mass is 16.5. The first-order valence-corrected chi connectivity index (χ1v) is 6.06. The molecule has 0 saturated heterocycles. The molecule has 1 aromatic heterocycles. The second kappa shape index (κ2) is 5.66. The number of aromatic nitrogens is 1. The summed E-state index contributed by atoms with van der Waals surface area (Å²) in [5.74, 6) is 0.996. The Morgan fingerprint density at radius 1 is 1.47 bits per heavy atom. The van der Waals surface area contributed by atoms with Crippen LogP contribution < -0.4 is 10.1 Å². The van der Waals surface area contributed by atoms with E-state index in [2.05, 4.69) is 10.3 Å². The molecule has 0 bridgehead atoms. The van der Waals surface area contributed by atoms with Crippen molar-refractivity contribution in [3.63, 3.8) is 0 Å². The molecule has 17 heavy (non-hydrogen) atoms. The summed E-state index contributed by atoms with van der Waals surface area (Å²) in [4.78, 5) is 15.9. The number of amides is 1. The van der Waals surface area contributed by atoms with Crippen molar-refractivity contribution in [2.24, 2.45) is 5.92 Å². The van der Waals surface area contributed by atoms with Crippen molar-refractivity contribution in [2.75, 3.05) is 7.11 Å². The Balaban J connectivity index is 1.82. The fourth-order valence-electron chi connectivity index (χ4n) is 2.16. The van der Waals surface area contributed by atoms with Gasteiger partial charge in [-0.15, -0.1) is 0 Å². The van der Waals surface area contributed by atoms with Gasteiger partial charge >= 0.3 is 0 Å². The van der Waals surface area contributed by atoms with E-state index in [1.54, 1.807) is 19.4 Å². The van der Waals surface area contributed by atoms with Crippen LogP contribution in [0.4, 0.5) is 0 Å². The van der Waals surface area contributed by atoms with Gasteiger partial charge in [0.15, 0.2) is 0 Å². The first-order valence-electron chi connectivity index (χ1n) is 6.06. The second-order valence-corrected chi connectivity index (χ2v) is 4.41. The number of carbonyl (C=O) groups is 1. The molecule has 1 fully saturated rings. The fourth-order valence-corrected chi connectivity index (χ4v) is 2.16. The van der Waals surface area contributed by atoms with Gasteiger partial charge in [0.1, 0.15) is 0 Å². The van der Waals surface area contributed by atoms with Gasteiger partial charge in [0.2, 0.25) is 11.8 Å². The molecule has 92 valence electrons. The highest BCUT2D eigenvalue weighted by Gasteiger charge is 2.21.